The molecule has 0 aliphatic heterocycles. The van der Waals surface area contributed by atoms with Gasteiger partial charge in [0, 0.05) is 0 Å². The average molecular weight is 377 g/mol. The lowest BCUT2D eigenvalue weighted by Crippen LogP contribution is -2.28. The standard InChI is InChI=1S/C20H19N5O3/c1-11-7-8-16-15(9-11)22-20(27)18-17(23-24-25(16)18)19(26)21-12(2)13-5-4-6-14(10-13)28-3/h4-10,12H,1-3H3,(H,21,26)(H,22,27)/t12-/m0/s1. The third kappa shape index (κ3) is 2.98. The van der Waals surface area contributed by atoms with E-state index in [1.807, 2.05) is 56.3 Å². The van der Waals surface area contributed by atoms with Crippen molar-refractivity contribution in [1.29, 1.82) is 0 Å². The number of ether oxygens (including phenoxy) is 1. The largest absolute Gasteiger partial charge is 0.497 e. The summed E-state index contributed by atoms with van der Waals surface area (Å²) in [4.78, 5) is 28.2. The highest BCUT2D eigenvalue weighted by Gasteiger charge is 2.21. The van der Waals surface area contributed by atoms with Gasteiger partial charge in [-0.05, 0) is 49.2 Å². The molecule has 28 heavy (non-hydrogen) atoms. The zero-order valence-corrected chi connectivity index (χ0v) is 15.7. The number of aromatic amines is 1. The third-order valence-electron chi connectivity index (χ3n) is 4.67. The van der Waals surface area contributed by atoms with Gasteiger partial charge < -0.3 is 15.0 Å². The second-order valence-electron chi connectivity index (χ2n) is 6.64. The summed E-state index contributed by atoms with van der Waals surface area (Å²) >= 11 is 0. The lowest BCUT2D eigenvalue weighted by molar-refractivity contribution is 0.0936. The summed E-state index contributed by atoms with van der Waals surface area (Å²) in [6.07, 6.45) is 0. The molecule has 2 aromatic carbocycles. The third-order valence-corrected chi connectivity index (χ3v) is 4.67. The van der Waals surface area contributed by atoms with Gasteiger partial charge in [0.1, 0.15) is 5.75 Å². The molecule has 8 heteroatoms. The fraction of sp³-hybridized carbons (Fsp3) is 0.200. The van der Waals surface area contributed by atoms with Gasteiger partial charge in [0.25, 0.3) is 11.5 Å². The van der Waals surface area contributed by atoms with Crippen molar-refractivity contribution in [3.05, 3.63) is 69.6 Å². The van der Waals surface area contributed by atoms with Gasteiger partial charge in [0.15, 0.2) is 11.2 Å². The summed E-state index contributed by atoms with van der Waals surface area (Å²) in [5.41, 5.74) is 2.88. The van der Waals surface area contributed by atoms with E-state index in [0.717, 1.165) is 11.1 Å². The molecule has 2 heterocycles. The van der Waals surface area contributed by atoms with E-state index in [0.29, 0.717) is 16.8 Å². The highest BCUT2D eigenvalue weighted by molar-refractivity contribution is 5.99. The number of hydrogen-bond donors (Lipinski definition) is 2. The minimum absolute atomic E-state index is 0.0153. The molecule has 0 aliphatic rings. The fourth-order valence-electron chi connectivity index (χ4n) is 3.18. The van der Waals surface area contributed by atoms with Crippen LogP contribution in [0.5, 0.6) is 5.75 Å². The van der Waals surface area contributed by atoms with Crippen LogP contribution in [0.4, 0.5) is 0 Å². The minimum Gasteiger partial charge on any atom is -0.497 e. The number of aromatic nitrogens is 4. The number of fused-ring (bicyclic) bond motifs is 3. The minimum atomic E-state index is -0.470. The molecule has 0 saturated heterocycles. The zero-order chi connectivity index (χ0) is 19.8. The number of H-pyrrole nitrogens is 1. The first-order valence-corrected chi connectivity index (χ1v) is 8.81. The molecule has 0 bridgehead atoms. The quantitative estimate of drug-likeness (QED) is 0.569. The number of rotatable bonds is 4. The molecule has 0 fully saturated rings. The predicted octanol–water partition coefficient (Wildman–Crippen LogP) is 2.38. The Labute approximate surface area is 160 Å². The van der Waals surface area contributed by atoms with Crippen LogP contribution in [-0.4, -0.2) is 32.8 Å². The first kappa shape index (κ1) is 17.7. The van der Waals surface area contributed by atoms with Crippen LogP contribution in [0.1, 0.15) is 34.6 Å². The van der Waals surface area contributed by atoms with Crippen molar-refractivity contribution in [2.45, 2.75) is 19.9 Å². The number of nitrogens with one attached hydrogen (secondary N) is 2. The lowest BCUT2D eigenvalue weighted by Gasteiger charge is -2.14. The molecule has 0 radical (unpaired) electrons. The molecule has 0 spiro atoms. The molecule has 0 aliphatic carbocycles. The Morgan fingerprint density at radius 2 is 2.07 bits per heavy atom. The normalized spacial score (nSPS) is 12.2. The number of benzene rings is 2. The number of carbonyl (C=O) groups is 1. The Morgan fingerprint density at radius 3 is 2.86 bits per heavy atom. The van der Waals surface area contributed by atoms with E-state index in [-0.39, 0.29) is 17.3 Å². The molecule has 8 nitrogen and oxygen atoms in total. The van der Waals surface area contributed by atoms with Crippen LogP contribution in [-0.2, 0) is 0 Å². The first-order chi connectivity index (χ1) is 13.5. The van der Waals surface area contributed by atoms with Gasteiger partial charge in [0.05, 0.1) is 24.2 Å². The lowest BCUT2D eigenvalue weighted by atomic mass is 10.1. The van der Waals surface area contributed by atoms with E-state index in [4.69, 9.17) is 4.74 Å². The number of hydrogen-bond acceptors (Lipinski definition) is 5. The fourth-order valence-corrected chi connectivity index (χ4v) is 3.18. The molecular weight excluding hydrogens is 358 g/mol. The Hall–Kier alpha value is -3.68. The van der Waals surface area contributed by atoms with Crippen molar-refractivity contribution in [2.75, 3.05) is 7.11 Å². The van der Waals surface area contributed by atoms with Crippen LogP contribution in [0.3, 0.4) is 0 Å². The predicted molar refractivity (Wildman–Crippen MR) is 105 cm³/mol. The van der Waals surface area contributed by atoms with E-state index in [9.17, 15) is 9.59 Å². The number of amides is 1. The highest BCUT2D eigenvalue weighted by atomic mass is 16.5. The molecule has 1 atom stereocenters. The Kier molecular flexibility index (Phi) is 4.31. The SMILES string of the molecule is COc1cccc([C@H](C)NC(=O)c2nnn3c2c(=O)[nH]c2cc(C)ccc23)c1. The van der Waals surface area contributed by atoms with E-state index >= 15 is 0 Å². The van der Waals surface area contributed by atoms with Crippen LogP contribution in [0, 0.1) is 6.92 Å². The summed E-state index contributed by atoms with van der Waals surface area (Å²) in [6.45, 7) is 3.78. The molecule has 142 valence electrons. The van der Waals surface area contributed by atoms with Gasteiger partial charge in [-0.25, -0.2) is 4.52 Å². The number of aryl methyl sites for hydroxylation is 1. The Balaban J connectivity index is 1.71. The van der Waals surface area contributed by atoms with Crippen LogP contribution < -0.4 is 15.6 Å². The number of carbonyl (C=O) groups excluding carboxylic acids is 1. The van der Waals surface area contributed by atoms with Crippen molar-refractivity contribution in [1.82, 2.24) is 25.1 Å². The maximum Gasteiger partial charge on any atom is 0.277 e. The average Bonchev–Trinajstić information content (AvgIpc) is 3.14. The number of methoxy groups -OCH3 is 1. The molecule has 2 N–H and O–H groups in total. The monoisotopic (exact) mass is 377 g/mol. The van der Waals surface area contributed by atoms with E-state index < -0.39 is 11.5 Å². The van der Waals surface area contributed by atoms with Crippen LogP contribution in [0.2, 0.25) is 0 Å². The highest BCUT2D eigenvalue weighted by Crippen LogP contribution is 2.20. The topological polar surface area (TPSA) is 101 Å². The summed E-state index contributed by atoms with van der Waals surface area (Å²) in [6, 6.07) is 12.7. The van der Waals surface area contributed by atoms with E-state index in [1.165, 1.54) is 4.52 Å². The van der Waals surface area contributed by atoms with Crippen molar-refractivity contribution < 1.29 is 9.53 Å². The maximum absolute atomic E-state index is 12.8. The molecule has 4 aromatic rings. The Morgan fingerprint density at radius 1 is 1.25 bits per heavy atom. The maximum atomic E-state index is 12.8. The van der Waals surface area contributed by atoms with Gasteiger partial charge in [-0.2, -0.15) is 0 Å². The van der Waals surface area contributed by atoms with Crippen LogP contribution in [0.25, 0.3) is 16.6 Å². The molecule has 0 unspecified atom stereocenters. The van der Waals surface area contributed by atoms with Crippen LogP contribution >= 0.6 is 0 Å². The summed E-state index contributed by atoms with van der Waals surface area (Å²) in [5, 5.41) is 10.9. The van der Waals surface area contributed by atoms with Crippen molar-refractivity contribution in [3.63, 3.8) is 0 Å². The van der Waals surface area contributed by atoms with Crippen molar-refractivity contribution >= 4 is 22.5 Å². The Bertz CT molecular complexity index is 1260. The van der Waals surface area contributed by atoms with Crippen LogP contribution in [0.15, 0.2) is 47.3 Å². The molecule has 4 rings (SSSR count). The number of nitrogens with zero attached hydrogens (tertiary/aromatic N) is 3. The van der Waals surface area contributed by atoms with Gasteiger partial charge >= 0.3 is 0 Å². The summed E-state index contributed by atoms with van der Waals surface area (Å²) in [7, 11) is 1.59. The first-order valence-electron chi connectivity index (χ1n) is 8.81. The molecule has 1 amide bonds. The van der Waals surface area contributed by atoms with E-state index in [1.54, 1.807) is 7.11 Å². The molecule has 0 saturated carbocycles. The smallest absolute Gasteiger partial charge is 0.277 e. The van der Waals surface area contributed by atoms with E-state index in [2.05, 4.69) is 20.6 Å². The second kappa shape index (κ2) is 6.80. The second-order valence-corrected chi connectivity index (χ2v) is 6.64. The van der Waals surface area contributed by atoms with Gasteiger partial charge in [-0.3, -0.25) is 9.59 Å². The molecule has 2 aromatic heterocycles. The van der Waals surface area contributed by atoms with Gasteiger partial charge in [0.2, 0.25) is 0 Å². The van der Waals surface area contributed by atoms with Crippen molar-refractivity contribution in [3.8, 4) is 5.75 Å². The zero-order valence-electron chi connectivity index (χ0n) is 15.7. The summed E-state index contributed by atoms with van der Waals surface area (Å²) in [5.74, 6) is 0.230. The van der Waals surface area contributed by atoms with Crippen molar-refractivity contribution in [2.24, 2.45) is 0 Å². The van der Waals surface area contributed by atoms with Gasteiger partial charge in [-0.15, -0.1) is 5.10 Å². The van der Waals surface area contributed by atoms with Gasteiger partial charge in [-0.1, -0.05) is 23.4 Å². The summed E-state index contributed by atoms with van der Waals surface area (Å²) < 4.78 is 6.62. The molecular formula is C20H19N5O3.